The van der Waals surface area contributed by atoms with E-state index in [9.17, 15) is 4.79 Å². The zero-order valence-electron chi connectivity index (χ0n) is 11.4. The normalized spacial score (nSPS) is 11.1. The van der Waals surface area contributed by atoms with Crippen LogP contribution in [-0.2, 0) is 4.79 Å². The number of nitrogens with one attached hydrogen (secondary N) is 1. The Morgan fingerprint density at radius 1 is 1.14 bits per heavy atom. The van der Waals surface area contributed by atoms with E-state index < -0.39 is 0 Å². The number of amides is 1. The van der Waals surface area contributed by atoms with Gasteiger partial charge >= 0.3 is 0 Å². The van der Waals surface area contributed by atoms with Crippen LogP contribution in [0.5, 0.6) is 0 Å². The van der Waals surface area contributed by atoms with E-state index in [1.165, 1.54) is 17.4 Å². The molecular weight excluding hydrogens is 282 g/mol. The van der Waals surface area contributed by atoms with Gasteiger partial charge in [0, 0.05) is 6.08 Å². The number of aromatic nitrogens is 2. The number of hydrogen-bond donors (Lipinski definition) is 1. The Morgan fingerprint density at radius 3 is 2.76 bits per heavy atom. The van der Waals surface area contributed by atoms with Gasteiger partial charge in [0.2, 0.25) is 11.0 Å². The topological polar surface area (TPSA) is 54.9 Å². The summed E-state index contributed by atoms with van der Waals surface area (Å²) < 4.78 is 0. The molecule has 0 bridgehead atoms. The summed E-state index contributed by atoms with van der Waals surface area (Å²) in [6.07, 6.45) is 3.32. The van der Waals surface area contributed by atoms with Crippen molar-refractivity contribution >= 4 is 39.2 Å². The molecule has 4 nitrogen and oxygen atoms in total. The molecule has 1 heterocycles. The number of aryl methyl sites for hydroxylation is 1. The lowest BCUT2D eigenvalue weighted by atomic mass is 10.0. The van der Waals surface area contributed by atoms with Gasteiger partial charge in [-0.1, -0.05) is 53.8 Å². The maximum atomic E-state index is 11.9. The molecule has 1 aromatic heterocycles. The van der Waals surface area contributed by atoms with Crippen LogP contribution in [0, 0.1) is 6.92 Å². The molecule has 0 aliphatic carbocycles. The minimum atomic E-state index is -0.209. The third-order valence-corrected chi connectivity index (χ3v) is 3.75. The van der Waals surface area contributed by atoms with Crippen molar-refractivity contribution in [2.45, 2.75) is 6.92 Å². The van der Waals surface area contributed by atoms with E-state index in [1.807, 2.05) is 43.3 Å². The minimum Gasteiger partial charge on any atom is -0.297 e. The van der Waals surface area contributed by atoms with Crippen molar-refractivity contribution < 1.29 is 4.79 Å². The van der Waals surface area contributed by atoms with Gasteiger partial charge in [0.15, 0.2) is 0 Å². The predicted octanol–water partition coefficient (Wildman–Crippen LogP) is 3.65. The summed E-state index contributed by atoms with van der Waals surface area (Å²) in [6, 6.07) is 14.1. The molecule has 0 unspecified atom stereocenters. The largest absolute Gasteiger partial charge is 0.297 e. The van der Waals surface area contributed by atoms with Crippen molar-refractivity contribution in [3.05, 3.63) is 59.1 Å². The highest BCUT2D eigenvalue weighted by atomic mass is 32.1. The van der Waals surface area contributed by atoms with Crippen LogP contribution >= 0.6 is 11.3 Å². The second-order valence-electron chi connectivity index (χ2n) is 4.52. The van der Waals surface area contributed by atoms with Crippen LogP contribution in [0.2, 0.25) is 0 Å². The van der Waals surface area contributed by atoms with E-state index in [1.54, 1.807) is 0 Å². The summed E-state index contributed by atoms with van der Waals surface area (Å²) in [5.74, 6) is -0.209. The average Bonchev–Trinajstić information content (AvgIpc) is 2.90. The third-order valence-electron chi connectivity index (χ3n) is 2.99. The van der Waals surface area contributed by atoms with Gasteiger partial charge in [-0.3, -0.25) is 10.1 Å². The molecular formula is C16H13N3OS. The Morgan fingerprint density at radius 2 is 1.95 bits per heavy atom. The molecule has 0 saturated carbocycles. The van der Waals surface area contributed by atoms with Crippen molar-refractivity contribution in [2.24, 2.45) is 0 Å². The lowest BCUT2D eigenvalue weighted by Crippen LogP contribution is -2.07. The van der Waals surface area contributed by atoms with Crippen LogP contribution < -0.4 is 5.32 Å². The maximum absolute atomic E-state index is 11.9. The van der Waals surface area contributed by atoms with Crippen molar-refractivity contribution in [3.8, 4) is 0 Å². The molecule has 0 aliphatic heterocycles. The quantitative estimate of drug-likeness (QED) is 0.750. The van der Waals surface area contributed by atoms with Gasteiger partial charge in [0.25, 0.3) is 0 Å². The first-order valence-corrected chi connectivity index (χ1v) is 7.31. The van der Waals surface area contributed by atoms with Crippen LogP contribution in [0.4, 0.5) is 5.13 Å². The summed E-state index contributed by atoms with van der Waals surface area (Å²) >= 11 is 1.35. The van der Waals surface area contributed by atoms with Crippen LogP contribution in [0.3, 0.4) is 0 Å². The zero-order chi connectivity index (χ0) is 14.7. The van der Waals surface area contributed by atoms with Gasteiger partial charge in [-0.15, -0.1) is 10.2 Å². The SMILES string of the molecule is Cc1nnc(NC(=O)/C=C/c2cccc3ccccc23)s1. The predicted molar refractivity (Wildman–Crippen MR) is 86.3 cm³/mol. The number of anilines is 1. The number of rotatable bonds is 3. The molecule has 2 aromatic carbocycles. The standard InChI is InChI=1S/C16H13N3OS/c1-11-18-19-16(21-11)17-15(20)10-9-13-7-4-6-12-5-2-3-8-14(12)13/h2-10H,1H3,(H,17,19,20)/b10-9+. The number of carbonyl (C=O) groups is 1. The van der Waals surface area contributed by atoms with E-state index in [2.05, 4.69) is 27.6 Å². The number of fused-ring (bicyclic) bond motifs is 1. The Hall–Kier alpha value is -2.53. The number of carbonyl (C=O) groups excluding carboxylic acids is 1. The Kier molecular flexibility index (Phi) is 3.75. The Bertz CT molecular complexity index is 818. The van der Waals surface area contributed by atoms with Gasteiger partial charge in [0.05, 0.1) is 0 Å². The van der Waals surface area contributed by atoms with Crippen molar-refractivity contribution in [1.82, 2.24) is 10.2 Å². The molecule has 104 valence electrons. The smallest absolute Gasteiger partial charge is 0.250 e. The summed E-state index contributed by atoms with van der Waals surface area (Å²) in [5.41, 5.74) is 1.01. The second-order valence-corrected chi connectivity index (χ2v) is 5.70. The van der Waals surface area contributed by atoms with Crippen LogP contribution in [0.15, 0.2) is 48.5 Å². The van der Waals surface area contributed by atoms with Crippen LogP contribution in [0.1, 0.15) is 10.6 Å². The second kappa shape index (κ2) is 5.85. The number of benzene rings is 2. The monoisotopic (exact) mass is 295 g/mol. The van der Waals surface area contributed by atoms with Gasteiger partial charge in [-0.25, -0.2) is 0 Å². The molecule has 0 fully saturated rings. The minimum absolute atomic E-state index is 0.209. The molecule has 21 heavy (non-hydrogen) atoms. The summed E-state index contributed by atoms with van der Waals surface area (Å²) in [4.78, 5) is 11.9. The van der Waals surface area contributed by atoms with E-state index in [-0.39, 0.29) is 5.91 Å². The fraction of sp³-hybridized carbons (Fsp3) is 0.0625. The lowest BCUT2D eigenvalue weighted by molar-refractivity contribution is -0.111. The van der Waals surface area contributed by atoms with Crippen LogP contribution in [-0.4, -0.2) is 16.1 Å². The van der Waals surface area contributed by atoms with Crippen LogP contribution in [0.25, 0.3) is 16.8 Å². The fourth-order valence-electron chi connectivity index (χ4n) is 2.06. The highest BCUT2D eigenvalue weighted by Crippen LogP contribution is 2.19. The van der Waals surface area contributed by atoms with Gasteiger partial charge in [-0.05, 0) is 29.3 Å². The van der Waals surface area contributed by atoms with Crippen molar-refractivity contribution in [1.29, 1.82) is 0 Å². The molecule has 3 aromatic rings. The molecule has 0 radical (unpaired) electrons. The van der Waals surface area contributed by atoms with Gasteiger partial charge in [-0.2, -0.15) is 0 Å². The van der Waals surface area contributed by atoms with E-state index in [0.717, 1.165) is 21.3 Å². The first-order chi connectivity index (χ1) is 10.2. The molecule has 0 aliphatic rings. The first-order valence-electron chi connectivity index (χ1n) is 6.49. The zero-order valence-corrected chi connectivity index (χ0v) is 12.2. The van der Waals surface area contributed by atoms with Gasteiger partial charge in [0.1, 0.15) is 5.01 Å². The van der Waals surface area contributed by atoms with Gasteiger partial charge < -0.3 is 0 Å². The van der Waals surface area contributed by atoms with Crippen molar-refractivity contribution in [3.63, 3.8) is 0 Å². The van der Waals surface area contributed by atoms with E-state index in [0.29, 0.717) is 5.13 Å². The lowest BCUT2D eigenvalue weighted by Gasteiger charge is -2.01. The Labute approximate surface area is 126 Å². The highest BCUT2D eigenvalue weighted by molar-refractivity contribution is 7.15. The van der Waals surface area contributed by atoms with E-state index >= 15 is 0 Å². The molecule has 0 spiro atoms. The average molecular weight is 295 g/mol. The fourth-order valence-corrected chi connectivity index (χ4v) is 2.65. The summed E-state index contributed by atoms with van der Waals surface area (Å²) in [7, 11) is 0. The summed E-state index contributed by atoms with van der Waals surface area (Å²) in [5, 5.41) is 14.0. The van der Waals surface area contributed by atoms with E-state index in [4.69, 9.17) is 0 Å². The highest BCUT2D eigenvalue weighted by Gasteiger charge is 2.03. The molecule has 3 rings (SSSR count). The number of hydrogen-bond acceptors (Lipinski definition) is 4. The molecule has 5 heteroatoms. The third kappa shape index (κ3) is 3.14. The maximum Gasteiger partial charge on any atom is 0.250 e. The van der Waals surface area contributed by atoms with Crippen molar-refractivity contribution in [2.75, 3.05) is 5.32 Å². The first kappa shape index (κ1) is 13.5. The molecule has 1 amide bonds. The Balaban J connectivity index is 1.79. The molecule has 0 saturated heterocycles. The molecule has 0 atom stereocenters. The number of nitrogens with zero attached hydrogens (tertiary/aromatic N) is 2. The summed E-state index contributed by atoms with van der Waals surface area (Å²) in [6.45, 7) is 1.85. The molecule has 1 N–H and O–H groups in total.